The van der Waals surface area contributed by atoms with Crippen molar-refractivity contribution in [3.05, 3.63) is 66.3 Å². The minimum absolute atomic E-state index is 0.170. The van der Waals surface area contributed by atoms with Crippen LogP contribution in [-0.2, 0) is 0 Å². The van der Waals surface area contributed by atoms with Gasteiger partial charge in [-0.05, 0) is 37.3 Å². The molecule has 2 heterocycles. The smallest absolute Gasteiger partial charge is 0.274 e. The zero-order chi connectivity index (χ0) is 17.5. The number of rotatable bonds is 7. The quantitative estimate of drug-likeness (QED) is 0.544. The van der Waals surface area contributed by atoms with Crippen LogP contribution in [0.3, 0.4) is 0 Å². The van der Waals surface area contributed by atoms with Crippen LogP contribution in [0.2, 0.25) is 0 Å². The lowest BCUT2D eigenvalue weighted by molar-refractivity contribution is 0.0937. The van der Waals surface area contributed by atoms with E-state index in [-0.39, 0.29) is 11.6 Å². The molecule has 1 atom stereocenters. The van der Waals surface area contributed by atoms with Gasteiger partial charge in [-0.1, -0.05) is 13.2 Å². The molecular formula is C17H21N5O2. The summed E-state index contributed by atoms with van der Waals surface area (Å²) in [5, 5.41) is 8.62. The predicted molar refractivity (Wildman–Crippen MR) is 92.1 cm³/mol. The fraction of sp³-hybridized carbons (Fsp3) is 0.235. The molecule has 1 unspecified atom stereocenters. The highest BCUT2D eigenvalue weighted by Crippen LogP contribution is 2.05. The average Bonchev–Trinajstić information content (AvgIpc) is 2.57. The summed E-state index contributed by atoms with van der Waals surface area (Å²) in [6.45, 7) is 8.68. The Hall–Kier alpha value is -2.93. The van der Waals surface area contributed by atoms with Crippen molar-refractivity contribution in [2.45, 2.75) is 12.5 Å². The zero-order valence-corrected chi connectivity index (χ0v) is 13.3. The molecular weight excluding hydrogens is 306 g/mol. The topological polar surface area (TPSA) is 109 Å². The number of hydrogen-bond donors (Lipinski definition) is 4. The molecule has 7 nitrogen and oxygen atoms in total. The van der Waals surface area contributed by atoms with Crippen LogP contribution in [0.15, 0.2) is 55.0 Å². The Balaban J connectivity index is 1.97. The van der Waals surface area contributed by atoms with E-state index in [0.29, 0.717) is 29.5 Å². The van der Waals surface area contributed by atoms with Gasteiger partial charge in [0.1, 0.15) is 5.69 Å². The van der Waals surface area contributed by atoms with Gasteiger partial charge in [-0.3, -0.25) is 14.6 Å². The van der Waals surface area contributed by atoms with Crippen molar-refractivity contribution in [1.82, 2.24) is 20.9 Å². The van der Waals surface area contributed by atoms with Gasteiger partial charge in [-0.2, -0.15) is 0 Å². The molecule has 24 heavy (non-hydrogen) atoms. The summed E-state index contributed by atoms with van der Waals surface area (Å²) in [7, 11) is 0. The Labute approximate surface area is 140 Å². The summed E-state index contributed by atoms with van der Waals surface area (Å²) in [5.41, 5.74) is 6.92. The molecule has 1 aliphatic heterocycles. The van der Waals surface area contributed by atoms with E-state index in [1.54, 1.807) is 6.07 Å². The summed E-state index contributed by atoms with van der Waals surface area (Å²) in [5.74, 6) is -0.661. The zero-order valence-electron chi connectivity index (χ0n) is 13.3. The van der Waals surface area contributed by atoms with E-state index in [1.807, 2.05) is 0 Å². The molecule has 0 aromatic carbocycles. The molecule has 1 aromatic heterocycles. The van der Waals surface area contributed by atoms with Crippen molar-refractivity contribution < 1.29 is 9.59 Å². The van der Waals surface area contributed by atoms with E-state index in [2.05, 4.69) is 34.1 Å². The number of hydrogen-bond acceptors (Lipinski definition) is 5. The number of carbonyl (C=O) groups excluding carboxylic acids is 2. The standard InChI is InChI=1S/C17H21N5O2/c1-3-13(18)14(4-2)22-17(24)15-6-5-11(9-20-15)16(23)21-10-12-7-8-19-12/h3-6,9,12,19H,1-2,7-8,10,18H2,(H,21,23)(H,22,24)/b14-13-. The average molecular weight is 327 g/mol. The summed E-state index contributed by atoms with van der Waals surface area (Å²) < 4.78 is 0. The Morgan fingerprint density at radius 2 is 2.08 bits per heavy atom. The third kappa shape index (κ3) is 4.30. The number of aromatic nitrogens is 1. The number of pyridine rings is 1. The van der Waals surface area contributed by atoms with Crippen molar-refractivity contribution in [3.63, 3.8) is 0 Å². The normalized spacial score (nSPS) is 17.1. The van der Waals surface area contributed by atoms with Gasteiger partial charge in [0.05, 0.1) is 17.0 Å². The maximum absolute atomic E-state index is 12.1. The molecule has 0 aliphatic carbocycles. The Kier molecular flexibility index (Phi) is 5.86. The third-order valence-corrected chi connectivity index (χ3v) is 3.68. The van der Waals surface area contributed by atoms with Gasteiger partial charge in [0, 0.05) is 18.8 Å². The fourth-order valence-electron chi connectivity index (χ4n) is 2.04. The first-order chi connectivity index (χ1) is 11.5. The molecule has 7 heteroatoms. The first-order valence-electron chi connectivity index (χ1n) is 7.58. The molecule has 1 saturated heterocycles. The molecule has 0 spiro atoms. The van der Waals surface area contributed by atoms with E-state index in [1.165, 1.54) is 24.4 Å². The van der Waals surface area contributed by atoms with E-state index in [4.69, 9.17) is 5.73 Å². The largest absolute Gasteiger partial charge is 0.397 e. The van der Waals surface area contributed by atoms with Crippen LogP contribution in [0, 0.1) is 0 Å². The first-order valence-corrected chi connectivity index (χ1v) is 7.58. The molecule has 2 rings (SSSR count). The van der Waals surface area contributed by atoms with Crippen LogP contribution in [0.25, 0.3) is 0 Å². The highest BCUT2D eigenvalue weighted by Gasteiger charge is 2.17. The lowest BCUT2D eigenvalue weighted by Crippen LogP contribution is -2.50. The minimum atomic E-state index is -0.444. The van der Waals surface area contributed by atoms with Gasteiger partial charge < -0.3 is 21.7 Å². The van der Waals surface area contributed by atoms with Crippen molar-refractivity contribution >= 4 is 11.8 Å². The lowest BCUT2D eigenvalue weighted by atomic mass is 10.1. The van der Waals surface area contributed by atoms with Crippen LogP contribution in [0.4, 0.5) is 0 Å². The van der Waals surface area contributed by atoms with E-state index < -0.39 is 5.91 Å². The van der Waals surface area contributed by atoms with Gasteiger partial charge in [0.2, 0.25) is 0 Å². The fourth-order valence-corrected chi connectivity index (χ4v) is 2.04. The highest BCUT2D eigenvalue weighted by atomic mass is 16.2. The third-order valence-electron chi connectivity index (χ3n) is 3.68. The number of carbonyl (C=O) groups is 2. The maximum atomic E-state index is 12.1. The van der Waals surface area contributed by atoms with Gasteiger partial charge in [-0.15, -0.1) is 0 Å². The van der Waals surface area contributed by atoms with Gasteiger partial charge in [-0.25, -0.2) is 0 Å². The number of nitrogens with zero attached hydrogens (tertiary/aromatic N) is 1. The molecule has 126 valence electrons. The molecule has 2 amide bonds. The van der Waals surface area contributed by atoms with E-state index in [0.717, 1.165) is 13.0 Å². The first kappa shape index (κ1) is 17.4. The molecule has 1 aromatic rings. The van der Waals surface area contributed by atoms with Crippen LogP contribution in [-0.4, -0.2) is 35.9 Å². The second kappa shape index (κ2) is 8.07. The van der Waals surface area contributed by atoms with E-state index >= 15 is 0 Å². The van der Waals surface area contributed by atoms with Gasteiger partial charge >= 0.3 is 0 Å². The van der Waals surface area contributed by atoms with Crippen molar-refractivity contribution in [1.29, 1.82) is 0 Å². The lowest BCUT2D eigenvalue weighted by Gasteiger charge is -2.27. The van der Waals surface area contributed by atoms with Crippen molar-refractivity contribution in [2.75, 3.05) is 13.1 Å². The predicted octanol–water partition coefficient (Wildman–Crippen LogP) is 0.445. The second-order valence-corrected chi connectivity index (χ2v) is 5.31. The Morgan fingerprint density at radius 1 is 1.33 bits per heavy atom. The summed E-state index contributed by atoms with van der Waals surface area (Å²) in [6, 6.07) is 3.38. The number of nitrogens with two attached hydrogens (primary N) is 1. The Bertz CT molecular complexity index is 675. The van der Waals surface area contributed by atoms with Crippen LogP contribution in [0.1, 0.15) is 27.3 Å². The SMILES string of the molecule is C=C/C(N)=C(\C=C)NC(=O)c1ccc(C(=O)NCC2CCN2)cn1. The number of amides is 2. The van der Waals surface area contributed by atoms with Crippen LogP contribution >= 0.6 is 0 Å². The molecule has 0 bridgehead atoms. The summed E-state index contributed by atoms with van der Waals surface area (Å²) in [4.78, 5) is 28.1. The molecule has 0 radical (unpaired) electrons. The summed E-state index contributed by atoms with van der Waals surface area (Å²) >= 11 is 0. The van der Waals surface area contributed by atoms with Crippen molar-refractivity contribution in [2.24, 2.45) is 5.73 Å². The molecule has 5 N–H and O–H groups in total. The molecule has 1 aliphatic rings. The van der Waals surface area contributed by atoms with Gasteiger partial charge in [0.25, 0.3) is 11.8 Å². The van der Waals surface area contributed by atoms with Crippen LogP contribution in [0.5, 0.6) is 0 Å². The summed E-state index contributed by atoms with van der Waals surface area (Å²) in [6.07, 6.45) is 5.26. The van der Waals surface area contributed by atoms with Crippen LogP contribution < -0.4 is 21.7 Å². The highest BCUT2D eigenvalue weighted by molar-refractivity contribution is 5.96. The van der Waals surface area contributed by atoms with Crippen molar-refractivity contribution in [3.8, 4) is 0 Å². The second-order valence-electron chi connectivity index (χ2n) is 5.31. The van der Waals surface area contributed by atoms with Gasteiger partial charge in [0.15, 0.2) is 0 Å². The number of allylic oxidation sites excluding steroid dienone is 2. The monoisotopic (exact) mass is 327 g/mol. The number of nitrogens with one attached hydrogen (secondary N) is 3. The Morgan fingerprint density at radius 3 is 2.58 bits per heavy atom. The maximum Gasteiger partial charge on any atom is 0.274 e. The molecule has 0 saturated carbocycles. The van der Waals surface area contributed by atoms with E-state index in [9.17, 15) is 9.59 Å². The minimum Gasteiger partial charge on any atom is -0.397 e. The molecule has 1 fully saturated rings.